The Morgan fingerprint density at radius 2 is 2.15 bits per heavy atom. The fourth-order valence-corrected chi connectivity index (χ4v) is 2.43. The van der Waals surface area contributed by atoms with Crippen molar-refractivity contribution < 1.29 is 4.79 Å². The third kappa shape index (κ3) is 2.00. The van der Waals surface area contributed by atoms with Crippen molar-refractivity contribution in [2.24, 2.45) is 7.05 Å². The molecule has 20 heavy (non-hydrogen) atoms. The van der Waals surface area contributed by atoms with E-state index in [0.29, 0.717) is 17.1 Å². The van der Waals surface area contributed by atoms with E-state index in [1.54, 1.807) is 6.07 Å². The average molecular weight is 289 g/mol. The minimum atomic E-state index is 0.544. The Balaban J connectivity index is 2.13. The monoisotopic (exact) mass is 288 g/mol. The van der Waals surface area contributed by atoms with Gasteiger partial charge in [-0.15, -0.1) is 10.2 Å². The van der Waals surface area contributed by atoms with E-state index < -0.39 is 0 Å². The van der Waals surface area contributed by atoms with Gasteiger partial charge in [-0.05, 0) is 19.1 Å². The van der Waals surface area contributed by atoms with Gasteiger partial charge in [-0.3, -0.25) is 4.79 Å². The molecule has 0 aliphatic carbocycles. The first-order valence-electron chi connectivity index (χ1n) is 6.18. The fourth-order valence-electron chi connectivity index (χ4n) is 2.26. The maximum Gasteiger partial charge on any atom is 0.152 e. The van der Waals surface area contributed by atoms with Crippen LogP contribution in [-0.4, -0.2) is 25.6 Å². The van der Waals surface area contributed by atoms with Gasteiger partial charge in [-0.25, -0.2) is 0 Å². The molecule has 5 nitrogen and oxygen atoms in total. The van der Waals surface area contributed by atoms with Gasteiger partial charge in [0.25, 0.3) is 0 Å². The van der Waals surface area contributed by atoms with Gasteiger partial charge in [0.2, 0.25) is 0 Å². The molecule has 0 atom stereocenters. The second-order valence-electron chi connectivity index (χ2n) is 4.71. The number of hydrogen-bond acceptors (Lipinski definition) is 3. The number of hydrogen-bond donors (Lipinski definition) is 0. The number of aryl methyl sites for hydroxylation is 1. The smallest absolute Gasteiger partial charge is 0.152 e. The van der Waals surface area contributed by atoms with Gasteiger partial charge in [-0.2, -0.15) is 0 Å². The highest BCUT2D eigenvalue weighted by Crippen LogP contribution is 2.24. The number of benzene rings is 1. The lowest BCUT2D eigenvalue weighted by atomic mass is 10.2. The molecule has 0 saturated carbocycles. The van der Waals surface area contributed by atoms with Crippen molar-refractivity contribution in [3.63, 3.8) is 0 Å². The summed E-state index contributed by atoms with van der Waals surface area (Å²) in [5, 5.41) is 9.72. The zero-order chi connectivity index (χ0) is 14.3. The van der Waals surface area contributed by atoms with Crippen LogP contribution in [0.15, 0.2) is 24.4 Å². The summed E-state index contributed by atoms with van der Waals surface area (Å²) in [5.41, 5.74) is 1.57. The first-order chi connectivity index (χ1) is 9.60. The highest BCUT2D eigenvalue weighted by Gasteiger charge is 2.11. The van der Waals surface area contributed by atoms with Crippen LogP contribution in [0.4, 0.5) is 0 Å². The molecule has 0 fully saturated rings. The SMILES string of the molecule is Cc1nnc(Cn2cc(C=O)c3ccc(Cl)cc32)n1C. The van der Waals surface area contributed by atoms with E-state index in [2.05, 4.69) is 10.2 Å². The number of halogens is 1. The summed E-state index contributed by atoms with van der Waals surface area (Å²) in [6, 6.07) is 5.50. The van der Waals surface area contributed by atoms with Crippen molar-refractivity contribution in [2.45, 2.75) is 13.5 Å². The summed E-state index contributed by atoms with van der Waals surface area (Å²) in [5.74, 6) is 1.68. The predicted octanol–water partition coefficient (Wildman–Crippen LogP) is 2.59. The van der Waals surface area contributed by atoms with E-state index in [0.717, 1.165) is 28.8 Å². The Morgan fingerprint density at radius 1 is 1.35 bits per heavy atom. The number of carbonyl (C=O) groups excluding carboxylic acids is 1. The Morgan fingerprint density at radius 3 is 2.80 bits per heavy atom. The Bertz CT molecular complexity index is 803. The van der Waals surface area contributed by atoms with E-state index in [9.17, 15) is 4.79 Å². The third-order valence-electron chi connectivity index (χ3n) is 3.50. The molecule has 1 aromatic carbocycles. The Kier molecular flexibility index (Phi) is 3.06. The van der Waals surface area contributed by atoms with Crippen molar-refractivity contribution in [3.05, 3.63) is 46.6 Å². The number of aromatic nitrogens is 4. The molecule has 0 bridgehead atoms. The lowest BCUT2D eigenvalue weighted by Gasteiger charge is -2.05. The maximum absolute atomic E-state index is 11.2. The molecule has 0 N–H and O–H groups in total. The first kappa shape index (κ1) is 12.9. The molecule has 3 aromatic rings. The van der Waals surface area contributed by atoms with Crippen LogP contribution < -0.4 is 0 Å². The van der Waals surface area contributed by atoms with Crippen LogP contribution in [0.25, 0.3) is 10.9 Å². The van der Waals surface area contributed by atoms with Crippen molar-refractivity contribution in [3.8, 4) is 0 Å². The molecule has 0 aliphatic heterocycles. The van der Waals surface area contributed by atoms with Gasteiger partial charge < -0.3 is 9.13 Å². The van der Waals surface area contributed by atoms with Crippen LogP contribution in [0.5, 0.6) is 0 Å². The molecule has 0 radical (unpaired) electrons. The zero-order valence-electron chi connectivity index (χ0n) is 11.2. The Labute approximate surface area is 120 Å². The molecule has 2 aromatic heterocycles. The minimum Gasteiger partial charge on any atom is -0.339 e. The summed E-state index contributed by atoms with van der Waals surface area (Å²) in [7, 11) is 1.92. The molecule has 0 amide bonds. The number of nitrogens with zero attached hydrogens (tertiary/aromatic N) is 4. The van der Waals surface area contributed by atoms with Crippen LogP contribution in [0.1, 0.15) is 22.0 Å². The van der Waals surface area contributed by atoms with Gasteiger partial charge in [0.1, 0.15) is 5.82 Å². The second kappa shape index (κ2) is 4.76. The van der Waals surface area contributed by atoms with Crippen LogP contribution in [0.2, 0.25) is 5.02 Å². The van der Waals surface area contributed by atoms with Crippen molar-refractivity contribution in [2.75, 3.05) is 0 Å². The average Bonchev–Trinajstić information content (AvgIpc) is 2.94. The van der Waals surface area contributed by atoms with Crippen LogP contribution in [0.3, 0.4) is 0 Å². The maximum atomic E-state index is 11.2. The topological polar surface area (TPSA) is 52.7 Å². The van der Waals surface area contributed by atoms with Crippen molar-refractivity contribution in [1.29, 1.82) is 0 Å². The quantitative estimate of drug-likeness (QED) is 0.696. The van der Waals surface area contributed by atoms with Gasteiger partial charge in [0, 0.05) is 29.2 Å². The minimum absolute atomic E-state index is 0.544. The molecule has 2 heterocycles. The molecule has 3 rings (SSSR count). The van der Waals surface area contributed by atoms with E-state index in [-0.39, 0.29) is 0 Å². The summed E-state index contributed by atoms with van der Waals surface area (Å²) in [6.07, 6.45) is 2.67. The van der Waals surface area contributed by atoms with Crippen molar-refractivity contribution >= 4 is 28.8 Å². The normalized spacial score (nSPS) is 11.2. The molecular weight excluding hydrogens is 276 g/mol. The van der Waals surface area contributed by atoms with Crippen LogP contribution >= 0.6 is 11.6 Å². The predicted molar refractivity (Wildman–Crippen MR) is 77.2 cm³/mol. The summed E-state index contributed by atoms with van der Waals surface area (Å²) >= 11 is 6.05. The lowest BCUT2D eigenvalue weighted by molar-refractivity contribution is 0.112. The summed E-state index contributed by atoms with van der Waals surface area (Å²) < 4.78 is 3.89. The molecule has 0 unspecified atom stereocenters. The molecule has 6 heteroatoms. The fraction of sp³-hybridized carbons (Fsp3) is 0.214. The number of aldehydes is 1. The van der Waals surface area contributed by atoms with Gasteiger partial charge in [-0.1, -0.05) is 17.7 Å². The summed E-state index contributed by atoms with van der Waals surface area (Å²) in [6.45, 7) is 2.44. The van der Waals surface area contributed by atoms with E-state index in [1.165, 1.54) is 0 Å². The van der Waals surface area contributed by atoms with Gasteiger partial charge in [0.15, 0.2) is 12.1 Å². The van der Waals surface area contributed by atoms with E-state index in [4.69, 9.17) is 11.6 Å². The van der Waals surface area contributed by atoms with Crippen LogP contribution in [0, 0.1) is 6.92 Å². The molecule has 0 saturated heterocycles. The standard InChI is InChI=1S/C14H13ClN4O/c1-9-16-17-14(18(9)2)7-19-6-10(8-20)12-4-3-11(15)5-13(12)19/h3-6,8H,7H2,1-2H3. The molecule has 0 spiro atoms. The van der Waals surface area contributed by atoms with Gasteiger partial charge in [0.05, 0.1) is 12.1 Å². The van der Waals surface area contributed by atoms with E-state index in [1.807, 2.05) is 41.4 Å². The molecule has 0 aliphatic rings. The highest BCUT2D eigenvalue weighted by atomic mass is 35.5. The second-order valence-corrected chi connectivity index (χ2v) is 5.15. The number of carbonyl (C=O) groups is 1. The first-order valence-corrected chi connectivity index (χ1v) is 6.56. The largest absolute Gasteiger partial charge is 0.339 e. The molecule has 102 valence electrons. The zero-order valence-corrected chi connectivity index (χ0v) is 11.9. The number of fused-ring (bicyclic) bond motifs is 1. The molecular formula is C14H13ClN4O. The Hall–Kier alpha value is -2.14. The van der Waals surface area contributed by atoms with E-state index >= 15 is 0 Å². The highest BCUT2D eigenvalue weighted by molar-refractivity contribution is 6.31. The van der Waals surface area contributed by atoms with Crippen LogP contribution in [-0.2, 0) is 13.6 Å². The summed E-state index contributed by atoms with van der Waals surface area (Å²) in [4.78, 5) is 11.2. The lowest BCUT2D eigenvalue weighted by Crippen LogP contribution is -2.05. The van der Waals surface area contributed by atoms with Gasteiger partial charge >= 0.3 is 0 Å². The number of rotatable bonds is 3. The third-order valence-corrected chi connectivity index (χ3v) is 3.73. The van der Waals surface area contributed by atoms with Crippen molar-refractivity contribution in [1.82, 2.24) is 19.3 Å².